The smallest absolute Gasteiger partial charge is 0.274 e. The van der Waals surface area contributed by atoms with Crippen molar-refractivity contribution in [2.24, 2.45) is 0 Å². The number of aromatic nitrogens is 6. The van der Waals surface area contributed by atoms with Crippen LogP contribution in [0.5, 0.6) is 23.0 Å². The molecule has 0 aliphatic heterocycles. The second kappa shape index (κ2) is 14.8. The second-order valence-corrected chi connectivity index (χ2v) is 13.4. The lowest BCUT2D eigenvalue weighted by Crippen LogP contribution is -2.27. The number of rotatable bonds is 10. The van der Waals surface area contributed by atoms with Crippen LogP contribution in [0.1, 0.15) is 31.8 Å². The van der Waals surface area contributed by atoms with Crippen LogP contribution >= 0.6 is 0 Å². The van der Waals surface area contributed by atoms with Crippen molar-refractivity contribution in [2.75, 3.05) is 0 Å². The van der Waals surface area contributed by atoms with Crippen LogP contribution < -0.4 is 0 Å². The Bertz CT molecular complexity index is 2750. The number of nitrogens with zero attached hydrogens (tertiary/aromatic N) is 6. The summed E-state index contributed by atoms with van der Waals surface area (Å²) in [5.41, 5.74) is 2.23. The molecule has 0 amide bonds. The third kappa shape index (κ3) is 6.62. The van der Waals surface area contributed by atoms with Gasteiger partial charge in [0.05, 0.1) is 44.8 Å². The Hall–Kier alpha value is -8.19. The lowest BCUT2D eigenvalue weighted by molar-refractivity contribution is -0.111. The van der Waals surface area contributed by atoms with Gasteiger partial charge >= 0.3 is 0 Å². The number of para-hydroxylation sites is 4. The molecule has 0 fully saturated rings. The molecule has 8 rings (SSSR count). The lowest BCUT2D eigenvalue weighted by atomic mass is 9.96. The van der Waals surface area contributed by atoms with Crippen molar-refractivity contribution in [1.29, 1.82) is 0 Å². The van der Waals surface area contributed by atoms with Crippen molar-refractivity contribution in [3.05, 3.63) is 156 Å². The second-order valence-electron chi connectivity index (χ2n) is 13.4. The molecule has 4 N–H and O–H groups in total. The van der Waals surface area contributed by atoms with Gasteiger partial charge in [-0.3, -0.25) is 14.4 Å². The number of phenolic OH excluding ortho intramolecular Hbond substituents is 4. The fourth-order valence-electron chi connectivity index (χ4n) is 6.55. The van der Waals surface area contributed by atoms with Gasteiger partial charge in [0.1, 0.15) is 23.0 Å². The van der Waals surface area contributed by atoms with E-state index in [-0.39, 0.29) is 91.1 Å². The Labute approximate surface area is 330 Å². The standard InChI is InChI=1S/C45H32N6O7/c1-25-19-21-27(33(23-25)50-44(31-13-5-9-17-37(31)54)46-42(48-50)29-11-3-7-15-35(29)52)39(56)41(58)40(57)28-22-20-26(2)24-34(28)51-45(32-14-6-10-18-38(32)55)47-43(49-51)30-12-4-8-16-36(30)53/h3-24,52-55H,1-2H3. The highest BCUT2D eigenvalue weighted by molar-refractivity contribution is 6.70. The molecular formula is C45H32N6O7. The number of phenols is 4. The normalized spacial score (nSPS) is 11.1. The third-order valence-corrected chi connectivity index (χ3v) is 9.46. The summed E-state index contributed by atoms with van der Waals surface area (Å²) in [7, 11) is 0. The minimum atomic E-state index is -1.37. The molecule has 0 unspecified atom stereocenters. The van der Waals surface area contributed by atoms with Crippen molar-refractivity contribution < 1.29 is 34.8 Å². The largest absolute Gasteiger partial charge is 0.507 e. The Balaban J connectivity index is 1.25. The van der Waals surface area contributed by atoms with Crippen LogP contribution in [0.2, 0.25) is 0 Å². The van der Waals surface area contributed by atoms with E-state index in [0.29, 0.717) is 11.1 Å². The quantitative estimate of drug-likeness (QED) is 0.0608. The van der Waals surface area contributed by atoms with Crippen molar-refractivity contribution in [3.8, 4) is 79.9 Å². The third-order valence-electron chi connectivity index (χ3n) is 9.46. The Morgan fingerprint density at radius 3 is 1.12 bits per heavy atom. The Morgan fingerprint density at radius 2 is 0.776 bits per heavy atom. The molecular weight excluding hydrogens is 737 g/mol. The number of carbonyl (C=O) groups excluding carboxylic acids is 3. The van der Waals surface area contributed by atoms with Gasteiger partial charge in [0.15, 0.2) is 23.3 Å². The van der Waals surface area contributed by atoms with Crippen molar-refractivity contribution >= 4 is 17.3 Å². The van der Waals surface area contributed by atoms with E-state index in [9.17, 15) is 34.8 Å². The van der Waals surface area contributed by atoms with Crippen molar-refractivity contribution in [2.45, 2.75) is 13.8 Å². The fraction of sp³-hybridized carbons (Fsp3) is 0.0444. The van der Waals surface area contributed by atoms with E-state index in [1.807, 2.05) is 0 Å². The van der Waals surface area contributed by atoms with E-state index in [2.05, 4.69) is 20.2 Å². The minimum absolute atomic E-state index is 0.0687. The van der Waals surface area contributed by atoms with E-state index in [0.717, 1.165) is 0 Å². The summed E-state index contributed by atoms with van der Waals surface area (Å²) in [5, 5.41) is 52.4. The predicted molar refractivity (Wildman–Crippen MR) is 214 cm³/mol. The molecule has 6 aromatic carbocycles. The summed E-state index contributed by atoms with van der Waals surface area (Å²) < 4.78 is 2.58. The molecule has 13 heteroatoms. The lowest BCUT2D eigenvalue weighted by Gasteiger charge is -2.14. The molecule has 0 saturated heterocycles. The first kappa shape index (κ1) is 36.8. The summed E-state index contributed by atoms with van der Waals surface area (Å²) in [6.45, 7) is 3.54. The molecule has 0 atom stereocenters. The zero-order chi connectivity index (χ0) is 40.7. The number of benzene rings is 6. The summed E-state index contributed by atoms with van der Waals surface area (Å²) in [5.74, 6) is -3.83. The first-order chi connectivity index (χ1) is 28.0. The average Bonchev–Trinajstić information content (AvgIpc) is 3.86. The number of ketones is 3. The van der Waals surface area contributed by atoms with Gasteiger partial charge in [-0.25, -0.2) is 19.3 Å². The highest BCUT2D eigenvalue weighted by atomic mass is 16.3. The van der Waals surface area contributed by atoms with E-state index in [1.165, 1.54) is 45.8 Å². The molecule has 2 aromatic heterocycles. The number of hydrogen-bond acceptors (Lipinski definition) is 11. The predicted octanol–water partition coefficient (Wildman–Crippen LogP) is 7.59. The van der Waals surface area contributed by atoms with Gasteiger partial charge in [0.25, 0.3) is 5.78 Å². The number of carbonyl (C=O) groups is 3. The van der Waals surface area contributed by atoms with Gasteiger partial charge in [-0.05, 0) is 97.8 Å². The van der Waals surface area contributed by atoms with Gasteiger partial charge in [-0.15, -0.1) is 10.2 Å². The molecule has 2 heterocycles. The molecule has 8 aromatic rings. The summed E-state index contributed by atoms with van der Waals surface area (Å²) in [4.78, 5) is 52.2. The number of hydrogen-bond donors (Lipinski definition) is 4. The molecule has 0 aliphatic carbocycles. The van der Waals surface area contributed by atoms with E-state index in [4.69, 9.17) is 0 Å². The summed E-state index contributed by atoms with van der Waals surface area (Å²) in [6.07, 6.45) is 0. The van der Waals surface area contributed by atoms with E-state index < -0.39 is 17.3 Å². The number of aromatic hydroxyl groups is 4. The average molecular weight is 769 g/mol. The maximum atomic E-state index is 14.4. The molecule has 58 heavy (non-hydrogen) atoms. The van der Waals surface area contributed by atoms with Crippen LogP contribution in [0.4, 0.5) is 0 Å². The fourth-order valence-corrected chi connectivity index (χ4v) is 6.55. The van der Waals surface area contributed by atoms with Crippen LogP contribution in [0, 0.1) is 13.8 Å². The van der Waals surface area contributed by atoms with E-state index >= 15 is 0 Å². The molecule has 0 saturated carbocycles. The molecule has 0 aliphatic rings. The zero-order valence-electron chi connectivity index (χ0n) is 30.9. The molecule has 284 valence electrons. The molecule has 0 radical (unpaired) electrons. The maximum Gasteiger partial charge on any atom is 0.274 e. The van der Waals surface area contributed by atoms with Crippen LogP contribution in [0.3, 0.4) is 0 Å². The molecule has 0 bridgehead atoms. The monoisotopic (exact) mass is 768 g/mol. The number of aryl methyl sites for hydroxylation is 2. The minimum Gasteiger partial charge on any atom is -0.507 e. The van der Waals surface area contributed by atoms with Crippen molar-refractivity contribution in [3.63, 3.8) is 0 Å². The van der Waals surface area contributed by atoms with Gasteiger partial charge in [0, 0.05) is 0 Å². The highest BCUT2D eigenvalue weighted by Gasteiger charge is 2.32. The van der Waals surface area contributed by atoms with Gasteiger partial charge in [0.2, 0.25) is 11.6 Å². The summed E-state index contributed by atoms with van der Waals surface area (Å²) in [6, 6.07) is 34.8. The highest BCUT2D eigenvalue weighted by Crippen LogP contribution is 2.37. The first-order valence-electron chi connectivity index (χ1n) is 17.9. The Morgan fingerprint density at radius 1 is 0.448 bits per heavy atom. The Kier molecular flexibility index (Phi) is 9.39. The topological polar surface area (TPSA) is 194 Å². The zero-order valence-corrected chi connectivity index (χ0v) is 30.9. The number of Topliss-reactive ketones (excluding diaryl/α,β-unsaturated/α-hetero) is 3. The van der Waals surface area contributed by atoms with Crippen molar-refractivity contribution in [1.82, 2.24) is 29.5 Å². The molecule has 0 spiro atoms. The molecule has 13 nitrogen and oxygen atoms in total. The summed E-state index contributed by atoms with van der Waals surface area (Å²) >= 11 is 0. The van der Waals surface area contributed by atoms with Crippen LogP contribution in [0.25, 0.3) is 56.9 Å². The van der Waals surface area contributed by atoms with Crippen LogP contribution in [0.15, 0.2) is 133 Å². The van der Waals surface area contributed by atoms with E-state index in [1.54, 1.807) is 111 Å². The van der Waals surface area contributed by atoms with Crippen LogP contribution in [-0.4, -0.2) is 67.3 Å². The van der Waals surface area contributed by atoms with Gasteiger partial charge in [-0.2, -0.15) is 0 Å². The van der Waals surface area contributed by atoms with Gasteiger partial charge < -0.3 is 20.4 Å². The first-order valence-corrected chi connectivity index (χ1v) is 17.9. The van der Waals surface area contributed by atoms with Gasteiger partial charge in [-0.1, -0.05) is 60.7 Å². The van der Waals surface area contributed by atoms with Crippen LogP contribution in [-0.2, 0) is 4.79 Å². The SMILES string of the molecule is Cc1ccc(C(=O)C(=O)C(=O)c2ccc(C)cc2-n2nc(-c3ccccc3O)nc2-c2ccccc2O)c(-n2nc(-c3ccccc3O)nc2-c2ccccc2O)c1. The maximum absolute atomic E-state index is 14.4.